The highest BCUT2D eigenvalue weighted by Gasteiger charge is 1.94. The number of nitrogens with one attached hydrogen (secondary N) is 1. The Morgan fingerprint density at radius 3 is 2.50 bits per heavy atom. The van der Waals surface area contributed by atoms with Gasteiger partial charge >= 0.3 is 0 Å². The Kier molecular flexibility index (Phi) is 6.98. The zero-order chi connectivity index (χ0) is 7.82. The highest BCUT2D eigenvalue weighted by atomic mass is 15.0. The van der Waals surface area contributed by atoms with Crippen molar-refractivity contribution in [2.75, 3.05) is 6.54 Å². The zero-order valence-corrected chi connectivity index (χ0v) is 7.19. The van der Waals surface area contributed by atoms with E-state index in [1.165, 1.54) is 19.3 Å². The summed E-state index contributed by atoms with van der Waals surface area (Å²) in [5.74, 6) is 0. The third-order valence-corrected chi connectivity index (χ3v) is 1.63. The molecule has 1 unspecified atom stereocenters. The summed E-state index contributed by atoms with van der Waals surface area (Å²) in [6.45, 7) is 5.38. The summed E-state index contributed by atoms with van der Waals surface area (Å²) >= 11 is 0. The standard InChI is InChI=1S/C8H20N2/c1-3-5-6-7-10-8(9)4-2/h8,10H,3-7,9H2,1-2H3. The van der Waals surface area contributed by atoms with E-state index in [-0.39, 0.29) is 6.17 Å². The molecule has 0 aromatic rings. The second kappa shape index (κ2) is 7.03. The molecule has 1 atom stereocenters. The van der Waals surface area contributed by atoms with Gasteiger partial charge in [0.25, 0.3) is 0 Å². The SMILES string of the molecule is CCCCCNC(N)CC. The van der Waals surface area contributed by atoms with Gasteiger partial charge in [-0.2, -0.15) is 0 Å². The van der Waals surface area contributed by atoms with Gasteiger partial charge in [0, 0.05) is 0 Å². The first-order valence-corrected chi connectivity index (χ1v) is 4.30. The van der Waals surface area contributed by atoms with Gasteiger partial charge in [-0.1, -0.05) is 26.7 Å². The number of hydrogen-bond donors (Lipinski definition) is 2. The first-order valence-electron chi connectivity index (χ1n) is 4.30. The molecular formula is C8H20N2. The summed E-state index contributed by atoms with van der Waals surface area (Å²) in [5.41, 5.74) is 5.64. The molecule has 0 saturated carbocycles. The van der Waals surface area contributed by atoms with Crippen molar-refractivity contribution in [3.63, 3.8) is 0 Å². The first-order chi connectivity index (χ1) is 4.81. The van der Waals surface area contributed by atoms with Crippen molar-refractivity contribution in [2.24, 2.45) is 5.73 Å². The minimum atomic E-state index is 0.205. The molecule has 0 spiro atoms. The third kappa shape index (κ3) is 6.05. The normalized spacial score (nSPS) is 13.5. The summed E-state index contributed by atoms with van der Waals surface area (Å²) in [6.07, 6.45) is 5.07. The van der Waals surface area contributed by atoms with Crippen molar-refractivity contribution in [1.29, 1.82) is 0 Å². The maximum atomic E-state index is 5.64. The number of hydrogen-bond acceptors (Lipinski definition) is 2. The largest absolute Gasteiger partial charge is 0.316 e. The lowest BCUT2D eigenvalue weighted by Gasteiger charge is -2.09. The van der Waals surface area contributed by atoms with Crippen LogP contribution in [0.5, 0.6) is 0 Å². The summed E-state index contributed by atoms with van der Waals surface area (Å²) in [4.78, 5) is 0. The van der Waals surface area contributed by atoms with Crippen LogP contribution in [0, 0.1) is 0 Å². The topological polar surface area (TPSA) is 38.0 Å². The maximum Gasteiger partial charge on any atom is 0.0543 e. The molecule has 0 bridgehead atoms. The quantitative estimate of drug-likeness (QED) is 0.437. The van der Waals surface area contributed by atoms with Gasteiger partial charge in [0.2, 0.25) is 0 Å². The van der Waals surface area contributed by atoms with Gasteiger partial charge in [-0.05, 0) is 19.4 Å². The van der Waals surface area contributed by atoms with E-state index < -0.39 is 0 Å². The summed E-state index contributed by atoms with van der Waals surface area (Å²) < 4.78 is 0. The van der Waals surface area contributed by atoms with Crippen LogP contribution in [0.4, 0.5) is 0 Å². The number of rotatable bonds is 6. The third-order valence-electron chi connectivity index (χ3n) is 1.63. The van der Waals surface area contributed by atoms with Crippen LogP contribution in [0.25, 0.3) is 0 Å². The second-order valence-corrected chi connectivity index (χ2v) is 2.68. The number of nitrogens with two attached hydrogens (primary N) is 1. The molecule has 10 heavy (non-hydrogen) atoms. The molecule has 0 amide bonds. The minimum Gasteiger partial charge on any atom is -0.316 e. The van der Waals surface area contributed by atoms with Crippen molar-refractivity contribution in [3.8, 4) is 0 Å². The lowest BCUT2D eigenvalue weighted by molar-refractivity contribution is 0.497. The monoisotopic (exact) mass is 144 g/mol. The van der Waals surface area contributed by atoms with E-state index >= 15 is 0 Å². The van der Waals surface area contributed by atoms with Crippen molar-refractivity contribution in [3.05, 3.63) is 0 Å². The number of unbranched alkanes of at least 4 members (excludes halogenated alkanes) is 2. The molecule has 0 saturated heterocycles. The van der Waals surface area contributed by atoms with Crippen LogP contribution < -0.4 is 11.1 Å². The molecule has 0 aliphatic carbocycles. The van der Waals surface area contributed by atoms with E-state index in [1.54, 1.807) is 0 Å². The van der Waals surface area contributed by atoms with Crippen molar-refractivity contribution >= 4 is 0 Å². The van der Waals surface area contributed by atoms with Crippen LogP contribution in [0.1, 0.15) is 39.5 Å². The zero-order valence-electron chi connectivity index (χ0n) is 7.19. The molecule has 0 aromatic heterocycles. The Bertz CT molecular complexity index is 64.3. The predicted molar refractivity (Wildman–Crippen MR) is 45.8 cm³/mol. The highest BCUT2D eigenvalue weighted by molar-refractivity contribution is 4.54. The van der Waals surface area contributed by atoms with Gasteiger partial charge in [-0.3, -0.25) is 0 Å². The minimum absolute atomic E-state index is 0.205. The van der Waals surface area contributed by atoms with E-state index in [0.29, 0.717) is 0 Å². The Morgan fingerprint density at radius 2 is 2.00 bits per heavy atom. The summed E-state index contributed by atoms with van der Waals surface area (Å²) in [6, 6.07) is 0. The Balaban J connectivity index is 2.89. The fourth-order valence-corrected chi connectivity index (χ4v) is 0.807. The molecule has 0 aliphatic heterocycles. The molecule has 0 radical (unpaired) electrons. The molecule has 3 N–H and O–H groups in total. The van der Waals surface area contributed by atoms with Gasteiger partial charge in [-0.25, -0.2) is 0 Å². The molecule has 0 aliphatic rings. The molecular weight excluding hydrogens is 124 g/mol. The average Bonchev–Trinajstić information content (AvgIpc) is 1.98. The van der Waals surface area contributed by atoms with Gasteiger partial charge in [0.05, 0.1) is 6.17 Å². The van der Waals surface area contributed by atoms with E-state index in [9.17, 15) is 0 Å². The highest BCUT2D eigenvalue weighted by Crippen LogP contribution is 1.91. The van der Waals surface area contributed by atoms with Crippen molar-refractivity contribution < 1.29 is 0 Å². The Labute approximate surface area is 64.2 Å². The lowest BCUT2D eigenvalue weighted by Crippen LogP contribution is -2.37. The Hall–Kier alpha value is -0.0800. The molecule has 0 fully saturated rings. The van der Waals surface area contributed by atoms with Gasteiger partial charge < -0.3 is 11.1 Å². The van der Waals surface area contributed by atoms with E-state index in [0.717, 1.165) is 13.0 Å². The van der Waals surface area contributed by atoms with Crippen LogP contribution in [0.3, 0.4) is 0 Å². The average molecular weight is 144 g/mol. The van der Waals surface area contributed by atoms with Gasteiger partial charge in [-0.15, -0.1) is 0 Å². The summed E-state index contributed by atoms with van der Waals surface area (Å²) in [5, 5.41) is 3.24. The molecule has 0 heterocycles. The molecule has 0 rings (SSSR count). The van der Waals surface area contributed by atoms with Crippen molar-refractivity contribution in [2.45, 2.75) is 45.7 Å². The van der Waals surface area contributed by atoms with Crippen molar-refractivity contribution in [1.82, 2.24) is 5.32 Å². The van der Waals surface area contributed by atoms with Crippen LogP contribution in [0.15, 0.2) is 0 Å². The lowest BCUT2D eigenvalue weighted by atomic mass is 10.2. The maximum absolute atomic E-state index is 5.64. The molecule has 62 valence electrons. The first kappa shape index (κ1) is 9.92. The molecule has 2 heteroatoms. The predicted octanol–water partition coefficient (Wildman–Crippen LogP) is 1.46. The van der Waals surface area contributed by atoms with Crippen LogP contribution in [-0.2, 0) is 0 Å². The fraction of sp³-hybridized carbons (Fsp3) is 1.00. The van der Waals surface area contributed by atoms with Crippen LogP contribution in [-0.4, -0.2) is 12.7 Å². The van der Waals surface area contributed by atoms with E-state index in [1.807, 2.05) is 0 Å². The summed E-state index contributed by atoms with van der Waals surface area (Å²) in [7, 11) is 0. The fourth-order valence-electron chi connectivity index (χ4n) is 0.807. The molecule has 0 aromatic carbocycles. The molecule has 2 nitrogen and oxygen atoms in total. The van der Waals surface area contributed by atoms with E-state index in [4.69, 9.17) is 5.73 Å². The van der Waals surface area contributed by atoms with Crippen LogP contribution in [0.2, 0.25) is 0 Å². The van der Waals surface area contributed by atoms with E-state index in [2.05, 4.69) is 19.2 Å². The second-order valence-electron chi connectivity index (χ2n) is 2.68. The van der Waals surface area contributed by atoms with Gasteiger partial charge in [0.1, 0.15) is 0 Å². The van der Waals surface area contributed by atoms with Gasteiger partial charge in [0.15, 0.2) is 0 Å². The van der Waals surface area contributed by atoms with Crippen LogP contribution >= 0.6 is 0 Å². The Morgan fingerprint density at radius 1 is 1.30 bits per heavy atom. The smallest absolute Gasteiger partial charge is 0.0543 e.